The van der Waals surface area contributed by atoms with E-state index in [9.17, 15) is 25.5 Å². The van der Waals surface area contributed by atoms with E-state index in [1.54, 1.807) is 6.07 Å². The van der Waals surface area contributed by atoms with E-state index in [2.05, 4.69) is 5.32 Å². The normalized spacial score (nSPS) is 20.6. The van der Waals surface area contributed by atoms with Crippen LogP contribution in [0.5, 0.6) is 23.0 Å². The lowest BCUT2D eigenvalue weighted by molar-refractivity contribution is 0.156. The summed E-state index contributed by atoms with van der Waals surface area (Å²) in [4.78, 5) is 0. The summed E-state index contributed by atoms with van der Waals surface area (Å²) >= 11 is 0. The third kappa shape index (κ3) is 2.54. The number of phenolic OH excluding ortho intramolecular Hbond substituents is 4. The van der Waals surface area contributed by atoms with Crippen molar-refractivity contribution < 1.29 is 25.5 Å². The summed E-state index contributed by atoms with van der Waals surface area (Å²) in [7, 11) is 0. The van der Waals surface area contributed by atoms with Gasteiger partial charge >= 0.3 is 0 Å². The second kappa shape index (κ2) is 5.40. The summed E-state index contributed by atoms with van der Waals surface area (Å²) in [5.41, 5.74) is 2.06. The Morgan fingerprint density at radius 3 is 2.18 bits per heavy atom. The molecule has 6 nitrogen and oxygen atoms in total. The Bertz CT molecular complexity index is 716. The lowest BCUT2D eigenvalue weighted by Gasteiger charge is -2.30. The molecule has 0 fully saturated rings. The van der Waals surface area contributed by atoms with E-state index in [0.29, 0.717) is 24.1 Å². The number of aromatic hydroxyl groups is 4. The lowest BCUT2D eigenvalue weighted by Crippen LogP contribution is -2.34. The number of hydrogen-bond acceptors (Lipinski definition) is 6. The van der Waals surface area contributed by atoms with Gasteiger partial charge in [0.2, 0.25) is 0 Å². The van der Waals surface area contributed by atoms with E-state index < -0.39 is 6.10 Å². The molecule has 0 aliphatic carbocycles. The molecule has 2 atom stereocenters. The van der Waals surface area contributed by atoms with Crippen LogP contribution in [0.2, 0.25) is 0 Å². The van der Waals surface area contributed by atoms with Gasteiger partial charge in [0.05, 0.1) is 6.10 Å². The summed E-state index contributed by atoms with van der Waals surface area (Å²) in [6.45, 7) is 0.325. The summed E-state index contributed by atoms with van der Waals surface area (Å²) in [5.74, 6) is -0.880. The van der Waals surface area contributed by atoms with Gasteiger partial charge < -0.3 is 30.8 Å². The third-order valence-electron chi connectivity index (χ3n) is 3.95. The highest BCUT2D eigenvalue weighted by molar-refractivity contribution is 5.49. The maximum absolute atomic E-state index is 10.0. The Labute approximate surface area is 126 Å². The molecule has 2 unspecified atom stereocenters. The monoisotopic (exact) mass is 303 g/mol. The van der Waals surface area contributed by atoms with Gasteiger partial charge in [-0.2, -0.15) is 0 Å². The van der Waals surface area contributed by atoms with Gasteiger partial charge in [0.25, 0.3) is 0 Å². The van der Waals surface area contributed by atoms with Crippen molar-refractivity contribution in [3.05, 3.63) is 47.0 Å². The van der Waals surface area contributed by atoms with Gasteiger partial charge in [0.15, 0.2) is 23.0 Å². The molecule has 6 heteroatoms. The summed E-state index contributed by atoms with van der Waals surface area (Å²) in [5, 5.41) is 51.4. The van der Waals surface area contributed by atoms with Crippen LogP contribution in [0.15, 0.2) is 30.3 Å². The summed E-state index contributed by atoms with van der Waals surface area (Å²) in [6, 6.07) is 7.21. The van der Waals surface area contributed by atoms with Crippen LogP contribution >= 0.6 is 0 Å². The summed E-state index contributed by atoms with van der Waals surface area (Å²) < 4.78 is 0. The Morgan fingerprint density at radius 2 is 1.50 bits per heavy atom. The molecule has 0 bridgehead atoms. The van der Waals surface area contributed by atoms with Crippen LogP contribution in [-0.4, -0.2) is 32.1 Å². The van der Waals surface area contributed by atoms with Gasteiger partial charge in [-0.3, -0.25) is 0 Å². The number of β-amino-alcohol motifs (C(OH)–C–C–N with tert-alkyl or cyclic N) is 1. The second-order valence-electron chi connectivity index (χ2n) is 5.47. The zero-order valence-electron chi connectivity index (χ0n) is 11.7. The van der Waals surface area contributed by atoms with Crippen LogP contribution in [-0.2, 0) is 6.42 Å². The van der Waals surface area contributed by atoms with Gasteiger partial charge in [0.1, 0.15) is 0 Å². The van der Waals surface area contributed by atoms with Crippen molar-refractivity contribution in [1.29, 1.82) is 0 Å². The maximum atomic E-state index is 10.0. The minimum Gasteiger partial charge on any atom is -0.504 e. The minimum absolute atomic E-state index is 0.182. The quantitative estimate of drug-likeness (QED) is 0.468. The fourth-order valence-corrected chi connectivity index (χ4v) is 2.79. The third-order valence-corrected chi connectivity index (χ3v) is 3.95. The number of phenols is 4. The molecule has 0 radical (unpaired) electrons. The van der Waals surface area contributed by atoms with Gasteiger partial charge in [0, 0.05) is 12.6 Å². The molecule has 0 spiro atoms. The number of fused-ring (bicyclic) bond motifs is 1. The molecule has 1 heterocycles. The number of aliphatic hydroxyl groups excluding tert-OH is 1. The van der Waals surface area contributed by atoms with Crippen molar-refractivity contribution in [3.63, 3.8) is 0 Å². The molecule has 6 N–H and O–H groups in total. The van der Waals surface area contributed by atoms with Crippen molar-refractivity contribution in [2.45, 2.75) is 18.6 Å². The first-order chi connectivity index (χ1) is 10.5. The average Bonchev–Trinajstić information content (AvgIpc) is 2.48. The molecule has 1 aliphatic rings. The van der Waals surface area contributed by atoms with Gasteiger partial charge in [-0.25, -0.2) is 0 Å². The topological polar surface area (TPSA) is 113 Å². The predicted molar refractivity (Wildman–Crippen MR) is 79.0 cm³/mol. The van der Waals surface area contributed by atoms with E-state index in [4.69, 9.17) is 0 Å². The minimum atomic E-state index is -0.758. The van der Waals surface area contributed by atoms with Crippen LogP contribution in [0.3, 0.4) is 0 Å². The van der Waals surface area contributed by atoms with Crippen LogP contribution in [0.25, 0.3) is 0 Å². The van der Waals surface area contributed by atoms with Gasteiger partial charge in [-0.15, -0.1) is 0 Å². The predicted octanol–water partition coefficient (Wildman–Crippen LogP) is 1.43. The van der Waals surface area contributed by atoms with Crippen molar-refractivity contribution in [2.75, 3.05) is 6.54 Å². The fourth-order valence-electron chi connectivity index (χ4n) is 2.79. The molecule has 1 aliphatic heterocycles. The van der Waals surface area contributed by atoms with Crippen LogP contribution < -0.4 is 5.32 Å². The SMILES string of the molecule is Oc1ccc(CC2NCC(O)c3cc(O)c(O)cc32)cc1O. The highest BCUT2D eigenvalue weighted by Crippen LogP contribution is 2.38. The van der Waals surface area contributed by atoms with Crippen molar-refractivity contribution in [3.8, 4) is 23.0 Å². The number of benzene rings is 2. The first kappa shape index (κ1) is 14.5. The number of nitrogens with one attached hydrogen (secondary N) is 1. The zero-order valence-corrected chi connectivity index (χ0v) is 11.7. The second-order valence-corrected chi connectivity index (χ2v) is 5.47. The zero-order chi connectivity index (χ0) is 15.9. The Balaban J connectivity index is 1.94. The number of hydrogen-bond donors (Lipinski definition) is 6. The fraction of sp³-hybridized carbons (Fsp3) is 0.250. The largest absolute Gasteiger partial charge is 0.504 e. The van der Waals surface area contributed by atoms with Crippen molar-refractivity contribution >= 4 is 0 Å². The van der Waals surface area contributed by atoms with Crippen molar-refractivity contribution in [2.24, 2.45) is 0 Å². The van der Waals surface area contributed by atoms with Gasteiger partial charge in [-0.1, -0.05) is 6.07 Å². The number of rotatable bonds is 2. The highest BCUT2D eigenvalue weighted by Gasteiger charge is 2.27. The van der Waals surface area contributed by atoms with Crippen LogP contribution in [0.4, 0.5) is 0 Å². The molecule has 2 aromatic carbocycles. The molecule has 2 aromatic rings. The van der Waals surface area contributed by atoms with Crippen LogP contribution in [0, 0.1) is 0 Å². The molecule has 0 saturated carbocycles. The molecule has 116 valence electrons. The standard InChI is InChI=1S/C16H17NO5/c18-12-2-1-8(4-13(12)19)3-11-9-5-14(20)15(21)6-10(9)16(22)7-17-11/h1-2,4-6,11,16-22H,3,7H2. The van der Waals surface area contributed by atoms with E-state index in [-0.39, 0.29) is 29.0 Å². The Hall–Kier alpha value is -2.44. The smallest absolute Gasteiger partial charge is 0.157 e. The van der Waals surface area contributed by atoms with Crippen LogP contribution in [0.1, 0.15) is 28.8 Å². The molecule has 0 amide bonds. The maximum Gasteiger partial charge on any atom is 0.157 e. The van der Waals surface area contributed by atoms with E-state index in [1.165, 1.54) is 24.3 Å². The molecular weight excluding hydrogens is 286 g/mol. The average molecular weight is 303 g/mol. The molecule has 3 rings (SSSR count). The van der Waals surface area contributed by atoms with Crippen molar-refractivity contribution in [1.82, 2.24) is 5.32 Å². The molecular formula is C16H17NO5. The molecule has 0 aromatic heterocycles. The first-order valence-corrected chi connectivity index (χ1v) is 6.93. The highest BCUT2D eigenvalue weighted by atomic mass is 16.3. The Morgan fingerprint density at radius 1 is 0.864 bits per heavy atom. The molecule has 0 saturated heterocycles. The first-order valence-electron chi connectivity index (χ1n) is 6.93. The van der Waals surface area contributed by atoms with E-state index in [1.807, 2.05) is 0 Å². The Kier molecular flexibility index (Phi) is 3.56. The molecule has 22 heavy (non-hydrogen) atoms. The summed E-state index contributed by atoms with van der Waals surface area (Å²) in [6.07, 6.45) is -0.261. The number of aliphatic hydroxyl groups is 1. The van der Waals surface area contributed by atoms with E-state index >= 15 is 0 Å². The van der Waals surface area contributed by atoms with E-state index in [0.717, 1.165) is 5.56 Å². The lowest BCUT2D eigenvalue weighted by atomic mass is 9.88. The van der Waals surface area contributed by atoms with Gasteiger partial charge in [-0.05, 0) is 47.4 Å².